The van der Waals surface area contributed by atoms with Crippen LogP contribution in [0.15, 0.2) is 174 Å². The standard InChI is InChI=1S/C44H52N2O6S2.C15H22O4S.C14H20O4.C12H16O3.C7H6O2.C5H12O2.C3H8O.CH4.ClH2N/c1-29-33(26-51-40-18-16-31(22-35(40)28-53)24-45-20-6-4-14-38(45)43(47)48)10-8-12-36(29)37-13-9-11-34(30(37)2)27-52-41-19-17-32(23-42(41)54-3)25-46-21-7-5-15-39(46)44(49)50;1-15(2)8-17-14(18-9-15)11-5-6-12(19-10-16-3)13(7-11)20-4;1-14(2)8-16-13(17-9-14)11-4-6-12(7-5-11)18-10-15-3;1-12(2)7-14-11(15-8-12)9-3-5-10(13)6-4-9;8-5-6-1-3-7(9)4-2-6;1-5(2,3-6)4-7;1-3-4-2;;1-2/h8-13,16-19,22-23,38-39,53H,4-7,14-15,20-21,24-28H2,1-3H3,(H,47,48)(H,49,50);5-7,14H,8-10H2,1-4H3;4-7,13H,8-10H2,1-3H3;3-6,11,13H,7-8H2,1-2H3;1-5,9H;6-7H,3-4H2,1-2H3;3H2,1-2H3;1H4;2H2/t38-,39-;;;;;;;;/m0......../s1. The van der Waals surface area contributed by atoms with Crippen LogP contribution in [-0.2, 0) is 84.3 Å². The van der Waals surface area contributed by atoms with Gasteiger partial charge in [-0.1, -0.05) is 155 Å². The summed E-state index contributed by atoms with van der Waals surface area (Å²) in [6.45, 7) is 31.9. The summed E-state index contributed by atoms with van der Waals surface area (Å²) < 4.78 is 72.3. The Morgan fingerprint density at radius 3 is 1.29 bits per heavy atom. The maximum atomic E-state index is 11.8. The molecule has 130 heavy (non-hydrogen) atoms. The highest BCUT2D eigenvalue weighted by Crippen LogP contribution is 2.40. The van der Waals surface area contributed by atoms with E-state index in [-0.39, 0.29) is 86.3 Å². The van der Waals surface area contributed by atoms with Crippen molar-refractivity contribution in [2.45, 2.75) is 195 Å². The zero-order valence-electron chi connectivity index (χ0n) is 77.9. The Balaban J connectivity index is 0.000000320. The highest BCUT2D eigenvalue weighted by Gasteiger charge is 2.34. The highest BCUT2D eigenvalue weighted by molar-refractivity contribution is 7.99. The topological polar surface area (TPSA) is 325 Å². The molecule has 0 saturated carbocycles. The first kappa shape index (κ1) is 112. The Kier molecular flexibility index (Phi) is 50.3. The molecule has 2 atom stereocenters. The van der Waals surface area contributed by atoms with Crippen LogP contribution in [0.4, 0.5) is 0 Å². The monoisotopic (exact) mass is 1880 g/mol. The zero-order valence-corrected chi connectivity index (χ0v) is 81.1. The number of methoxy groups -OCH3 is 3. The van der Waals surface area contributed by atoms with Crippen LogP contribution in [0.25, 0.3) is 11.1 Å². The third-order valence-electron chi connectivity index (χ3n) is 21.4. The van der Waals surface area contributed by atoms with Gasteiger partial charge in [0.2, 0.25) is 0 Å². The molecule has 25 nitrogen and oxygen atoms in total. The van der Waals surface area contributed by atoms with Gasteiger partial charge in [-0.05, 0) is 213 Å². The van der Waals surface area contributed by atoms with E-state index in [1.54, 1.807) is 83.0 Å². The number of carboxylic acids is 2. The van der Waals surface area contributed by atoms with Crippen molar-refractivity contribution < 1.29 is 107 Å². The maximum absolute atomic E-state index is 11.8. The molecule has 0 spiro atoms. The third-order valence-corrected chi connectivity index (χ3v) is 23.3. The van der Waals surface area contributed by atoms with Crippen LogP contribution < -0.4 is 24.2 Å². The number of aliphatic carboxylic acids is 2. The number of ether oxygens (including phenoxy) is 13. The van der Waals surface area contributed by atoms with Crippen molar-refractivity contribution in [1.29, 1.82) is 0 Å². The molecule has 8 N–H and O–H groups in total. The molecule has 718 valence electrons. The second-order valence-electron chi connectivity index (χ2n) is 34.8. The number of phenols is 2. The molecule has 0 aromatic heterocycles. The second-order valence-corrected chi connectivity index (χ2v) is 36.8. The van der Waals surface area contributed by atoms with Gasteiger partial charge in [-0.25, -0.2) is 5.25 Å². The molecule has 5 heterocycles. The van der Waals surface area contributed by atoms with Gasteiger partial charge in [-0.3, -0.25) is 24.2 Å². The summed E-state index contributed by atoms with van der Waals surface area (Å²) in [5.74, 6) is 2.69. The van der Waals surface area contributed by atoms with Crippen molar-refractivity contribution >= 4 is 66.2 Å². The molecule has 29 heteroatoms. The van der Waals surface area contributed by atoms with E-state index in [1.165, 1.54) is 12.1 Å². The molecule has 0 radical (unpaired) electrons. The molecule has 8 aromatic rings. The minimum atomic E-state index is -0.744. The minimum Gasteiger partial charge on any atom is -0.508 e. The zero-order chi connectivity index (χ0) is 94.7. The van der Waals surface area contributed by atoms with E-state index in [2.05, 4.69) is 160 Å². The van der Waals surface area contributed by atoms with E-state index < -0.39 is 24.0 Å². The first-order valence-electron chi connectivity index (χ1n) is 43.2. The summed E-state index contributed by atoms with van der Waals surface area (Å²) >= 11 is 12.0. The van der Waals surface area contributed by atoms with Crippen molar-refractivity contribution in [3.63, 3.8) is 0 Å². The Hall–Kier alpha value is -8.05. The summed E-state index contributed by atoms with van der Waals surface area (Å²) in [6.07, 6.45) is 9.31. The van der Waals surface area contributed by atoms with Crippen LogP contribution in [0.3, 0.4) is 0 Å². The van der Waals surface area contributed by atoms with E-state index in [9.17, 15) is 24.6 Å². The lowest BCUT2D eigenvalue weighted by atomic mass is 9.92. The number of thioether (sulfide) groups is 2. The Morgan fingerprint density at radius 1 is 0.515 bits per heavy atom. The van der Waals surface area contributed by atoms with Crippen LogP contribution in [0, 0.1) is 35.5 Å². The van der Waals surface area contributed by atoms with E-state index in [0.29, 0.717) is 90.1 Å². The fourth-order valence-electron chi connectivity index (χ4n) is 13.7. The van der Waals surface area contributed by atoms with Gasteiger partial charge in [0.05, 0.1) is 52.9 Å². The molecule has 0 unspecified atom stereocenters. The fraction of sp³-hybridized carbons (Fsp3) is 0.495. The molecular weight excluding hydrogens is 1740 g/mol. The SMILES string of the molecule is C.CC(C)(CO)CO.CC1(C)COC(c2ccc(O)cc2)OC1.CCOC.COCOc1ccc(C2OCC(C)(C)CO2)cc1.COCOc1ccc(C2OCC(C)(C)CO2)cc1SC.CSc1cc(CN2CCCC[C@H]2C(=O)O)ccc1OCc1cccc(-c2cccc(COc3ccc(CN4CCCC[C@H]4C(=O)O)cc3CS)c2C)c1C.NCl.O=Cc1ccc(O)cc1. The summed E-state index contributed by atoms with van der Waals surface area (Å²) in [4.78, 5) is 39.9. The molecule has 0 bridgehead atoms. The number of benzene rings is 8. The number of thiol groups is 1. The number of aliphatic hydroxyl groups is 2. The molecule has 8 aromatic carbocycles. The van der Waals surface area contributed by atoms with Gasteiger partial charge in [0.1, 0.15) is 66.1 Å². The van der Waals surface area contributed by atoms with E-state index in [1.807, 2.05) is 86.2 Å². The van der Waals surface area contributed by atoms with Crippen LogP contribution in [-0.4, -0.2) is 191 Å². The van der Waals surface area contributed by atoms with E-state index in [0.717, 1.165) is 151 Å². The third kappa shape index (κ3) is 37.8. The number of aldehydes is 1. The number of hydrogen-bond donors (Lipinski definition) is 8. The smallest absolute Gasteiger partial charge is 0.320 e. The minimum absolute atomic E-state index is 0. The van der Waals surface area contributed by atoms with Crippen LogP contribution in [0.1, 0.15) is 193 Å². The number of aliphatic hydroxyl groups excluding tert-OH is 2. The molecule has 0 amide bonds. The molecule has 0 aliphatic carbocycles. The number of nitrogens with zero attached hydrogens (tertiary/aromatic N) is 2. The lowest BCUT2D eigenvalue weighted by Crippen LogP contribution is -2.44. The van der Waals surface area contributed by atoms with Gasteiger partial charge in [0.15, 0.2) is 32.5 Å². The van der Waals surface area contributed by atoms with Gasteiger partial charge in [0.25, 0.3) is 0 Å². The number of aromatic hydroxyl groups is 2. The molecular formula is C101H142ClN3O22S3. The van der Waals surface area contributed by atoms with Crippen LogP contribution in [0.5, 0.6) is 34.5 Å². The fourth-order valence-corrected chi connectivity index (χ4v) is 15.1. The first-order valence-corrected chi connectivity index (χ1v) is 46.7. The average Bonchev–Trinajstić information content (AvgIpc) is 0.800. The van der Waals surface area contributed by atoms with Gasteiger partial charge in [0, 0.05) is 106 Å². The number of phenolic OH excluding ortho intramolecular Hbond substituents is 2. The summed E-state index contributed by atoms with van der Waals surface area (Å²) in [5.41, 5.74) is 13.5. The number of nitrogens with two attached hydrogens (primary N) is 1. The summed E-state index contributed by atoms with van der Waals surface area (Å²) in [7, 11) is 4.89. The molecule has 5 saturated heterocycles. The summed E-state index contributed by atoms with van der Waals surface area (Å²) in [6, 6.07) is 50.8. The first-order chi connectivity index (χ1) is 61.7. The predicted octanol–water partition coefficient (Wildman–Crippen LogP) is 20.4. The Bertz CT molecular complexity index is 4450. The van der Waals surface area contributed by atoms with Gasteiger partial charge in [-0.2, -0.15) is 12.6 Å². The number of carboxylic acid groups (broad SMARTS) is 2. The lowest BCUT2D eigenvalue weighted by molar-refractivity contribution is -0.226. The van der Waals surface area contributed by atoms with Crippen molar-refractivity contribution in [3.05, 3.63) is 225 Å². The number of piperidine rings is 2. The highest BCUT2D eigenvalue weighted by atomic mass is 35.5. The van der Waals surface area contributed by atoms with E-state index >= 15 is 0 Å². The number of carbonyl (C=O) groups excluding carboxylic acids is 1. The summed E-state index contributed by atoms with van der Waals surface area (Å²) in [5, 5.41) is 58.2. The predicted molar refractivity (Wildman–Crippen MR) is 518 cm³/mol. The van der Waals surface area contributed by atoms with Crippen molar-refractivity contribution in [3.8, 4) is 45.6 Å². The molecule has 5 aliphatic heterocycles. The van der Waals surface area contributed by atoms with Gasteiger partial charge >= 0.3 is 11.9 Å². The number of hydrogen-bond acceptors (Lipinski definition) is 26. The normalized spacial score (nSPS) is 17.1. The molecule has 5 aliphatic rings. The Morgan fingerprint density at radius 2 is 0.892 bits per heavy atom. The quantitative estimate of drug-likeness (QED) is 0.00710. The number of likely N-dealkylation sites (tertiary alicyclic amines) is 2. The van der Waals surface area contributed by atoms with Crippen LogP contribution in [0.2, 0.25) is 0 Å². The molecule has 5 fully saturated rings. The number of rotatable bonds is 29. The average molecular weight is 1880 g/mol. The maximum Gasteiger partial charge on any atom is 0.320 e. The molecule has 13 rings (SSSR count). The number of carbonyl (C=O) groups is 3. The van der Waals surface area contributed by atoms with Gasteiger partial charge < -0.3 is 92.2 Å². The Labute approximate surface area is 790 Å². The largest absolute Gasteiger partial charge is 0.508 e. The van der Waals surface area contributed by atoms with Gasteiger partial charge in [-0.15, -0.1) is 23.5 Å². The van der Waals surface area contributed by atoms with E-state index in [4.69, 9.17) is 77.3 Å². The lowest BCUT2D eigenvalue weighted by Gasteiger charge is -2.34. The van der Waals surface area contributed by atoms with Crippen molar-refractivity contribution in [1.82, 2.24) is 9.80 Å². The van der Waals surface area contributed by atoms with Crippen LogP contribution >= 0.6 is 47.9 Å². The van der Waals surface area contributed by atoms with Crippen molar-refractivity contribution in [2.75, 3.05) is 120 Å². The van der Waals surface area contributed by atoms with Crippen molar-refractivity contribution in [2.24, 2.45) is 26.9 Å². The number of halogens is 1. The second kappa shape index (κ2) is 58.2.